The monoisotopic (exact) mass is 372 g/mol. The first-order valence-electron chi connectivity index (χ1n) is 10.0. The Morgan fingerprint density at radius 3 is 2.93 bits per heavy atom. The smallest absolute Gasteiger partial charge is 0.251 e. The van der Waals surface area contributed by atoms with Crippen LogP contribution in [-0.2, 0) is 9.53 Å². The molecule has 4 rings (SSSR count). The summed E-state index contributed by atoms with van der Waals surface area (Å²) in [6.45, 7) is 6.05. The maximum atomic E-state index is 12.5. The van der Waals surface area contributed by atoms with E-state index < -0.39 is 0 Å². The summed E-state index contributed by atoms with van der Waals surface area (Å²) in [6.07, 6.45) is 4.02. The minimum atomic E-state index is -0.0882. The van der Waals surface area contributed by atoms with E-state index in [1.54, 1.807) is 6.07 Å². The summed E-state index contributed by atoms with van der Waals surface area (Å²) in [5.74, 6) is -0.0416. The fourth-order valence-electron chi connectivity index (χ4n) is 4.17. The van der Waals surface area contributed by atoms with Gasteiger partial charge in [-0.25, -0.2) is 0 Å². The summed E-state index contributed by atoms with van der Waals surface area (Å²) in [4.78, 5) is 29.4. The molecule has 0 aliphatic carbocycles. The number of amides is 2. The number of benzene rings is 1. The van der Waals surface area contributed by atoms with Gasteiger partial charge in [0.25, 0.3) is 5.91 Å². The van der Waals surface area contributed by atoms with E-state index in [4.69, 9.17) is 4.74 Å². The Hall–Kier alpha value is -2.12. The molecule has 3 aliphatic heterocycles. The molecule has 27 heavy (non-hydrogen) atoms. The highest BCUT2D eigenvalue weighted by Crippen LogP contribution is 2.36. The summed E-state index contributed by atoms with van der Waals surface area (Å²) in [7, 11) is 0. The van der Waals surface area contributed by atoms with Crippen LogP contribution in [0, 0.1) is 0 Å². The molecule has 146 valence electrons. The average molecular weight is 372 g/mol. The van der Waals surface area contributed by atoms with E-state index in [0.717, 1.165) is 76.5 Å². The van der Waals surface area contributed by atoms with Crippen molar-refractivity contribution in [2.75, 3.05) is 56.2 Å². The van der Waals surface area contributed by atoms with E-state index in [9.17, 15) is 9.59 Å². The van der Waals surface area contributed by atoms with Gasteiger partial charge in [0.15, 0.2) is 0 Å². The second-order valence-electron chi connectivity index (χ2n) is 7.49. The zero-order valence-corrected chi connectivity index (χ0v) is 15.7. The minimum Gasteiger partial charge on any atom is -0.379 e. The van der Waals surface area contributed by atoms with Crippen LogP contribution in [0.15, 0.2) is 18.2 Å². The maximum Gasteiger partial charge on any atom is 0.251 e. The molecule has 0 aromatic heterocycles. The number of anilines is 2. The van der Waals surface area contributed by atoms with Crippen LogP contribution in [0.4, 0.5) is 11.4 Å². The van der Waals surface area contributed by atoms with Gasteiger partial charge in [0, 0.05) is 31.7 Å². The first-order valence-corrected chi connectivity index (χ1v) is 10.0. The number of piperidine rings is 1. The molecule has 1 aromatic carbocycles. The Bertz CT molecular complexity index is 702. The predicted octanol–water partition coefficient (Wildman–Crippen LogP) is 1.45. The number of carbonyl (C=O) groups excluding carboxylic acids is 2. The topological polar surface area (TPSA) is 73.9 Å². The maximum absolute atomic E-state index is 12.5. The van der Waals surface area contributed by atoms with Crippen molar-refractivity contribution in [2.45, 2.75) is 31.7 Å². The molecule has 2 fully saturated rings. The predicted molar refractivity (Wildman–Crippen MR) is 104 cm³/mol. The number of nitrogens with one attached hydrogen (secondary N) is 2. The summed E-state index contributed by atoms with van der Waals surface area (Å²) >= 11 is 0. The summed E-state index contributed by atoms with van der Waals surface area (Å²) in [5.41, 5.74) is 2.37. The SMILES string of the molecule is O=C(NCCCN1CCOCC1)c1ccc2c(c1)NC(=O)[C@H]1CCCCN21. The van der Waals surface area contributed by atoms with Gasteiger partial charge in [-0.1, -0.05) is 0 Å². The lowest BCUT2D eigenvalue weighted by molar-refractivity contribution is -0.118. The van der Waals surface area contributed by atoms with Crippen LogP contribution >= 0.6 is 0 Å². The fourth-order valence-corrected chi connectivity index (χ4v) is 4.17. The zero-order valence-electron chi connectivity index (χ0n) is 15.7. The van der Waals surface area contributed by atoms with Gasteiger partial charge in [-0.3, -0.25) is 14.5 Å². The van der Waals surface area contributed by atoms with E-state index in [-0.39, 0.29) is 17.9 Å². The Labute approximate surface area is 160 Å². The molecular formula is C20H28N4O3. The molecule has 2 N–H and O–H groups in total. The van der Waals surface area contributed by atoms with Gasteiger partial charge >= 0.3 is 0 Å². The molecule has 0 unspecified atom stereocenters. The average Bonchev–Trinajstić information content (AvgIpc) is 2.71. The lowest BCUT2D eigenvalue weighted by Crippen LogP contribution is -2.50. The van der Waals surface area contributed by atoms with Crippen LogP contribution in [0.1, 0.15) is 36.0 Å². The van der Waals surface area contributed by atoms with E-state index >= 15 is 0 Å². The third-order valence-electron chi connectivity index (χ3n) is 5.67. The van der Waals surface area contributed by atoms with Crippen LogP contribution in [0.5, 0.6) is 0 Å². The van der Waals surface area contributed by atoms with E-state index in [1.807, 2.05) is 12.1 Å². The van der Waals surface area contributed by atoms with Gasteiger partial charge < -0.3 is 20.3 Å². The number of fused-ring (bicyclic) bond motifs is 3. The molecule has 7 heteroatoms. The van der Waals surface area contributed by atoms with Gasteiger partial charge in [-0.05, 0) is 50.4 Å². The van der Waals surface area contributed by atoms with Crippen LogP contribution < -0.4 is 15.5 Å². The number of ether oxygens (including phenoxy) is 1. The molecule has 0 spiro atoms. The standard InChI is InChI=1S/C20H28N4O3/c25-19(21-7-3-8-23-10-12-27-13-11-23)15-5-6-17-16(14-15)22-20(26)18-4-1-2-9-24(17)18/h5-6,14,18H,1-4,7-13H2,(H,21,25)(H,22,26)/t18-/m1/s1. The van der Waals surface area contributed by atoms with Gasteiger partial charge in [0.2, 0.25) is 5.91 Å². The second kappa shape index (κ2) is 8.27. The van der Waals surface area contributed by atoms with E-state index in [0.29, 0.717) is 12.1 Å². The highest BCUT2D eigenvalue weighted by Gasteiger charge is 2.34. The Kier molecular flexibility index (Phi) is 5.59. The molecule has 0 saturated carbocycles. The van der Waals surface area contributed by atoms with Crippen LogP contribution in [0.25, 0.3) is 0 Å². The minimum absolute atomic E-state index is 0.0465. The lowest BCUT2D eigenvalue weighted by Gasteiger charge is -2.41. The van der Waals surface area contributed by atoms with Gasteiger partial charge in [-0.15, -0.1) is 0 Å². The van der Waals surface area contributed by atoms with Crippen molar-refractivity contribution in [3.8, 4) is 0 Å². The molecule has 2 saturated heterocycles. The van der Waals surface area contributed by atoms with Crippen molar-refractivity contribution in [3.63, 3.8) is 0 Å². The number of nitrogens with zero attached hydrogens (tertiary/aromatic N) is 2. The van der Waals surface area contributed by atoms with Gasteiger partial charge in [-0.2, -0.15) is 0 Å². The molecule has 0 bridgehead atoms. The van der Waals surface area contributed by atoms with Crippen molar-refractivity contribution in [1.29, 1.82) is 0 Å². The van der Waals surface area contributed by atoms with Crippen molar-refractivity contribution < 1.29 is 14.3 Å². The fraction of sp³-hybridized carbons (Fsp3) is 0.600. The van der Waals surface area contributed by atoms with Gasteiger partial charge in [0.1, 0.15) is 6.04 Å². The molecule has 7 nitrogen and oxygen atoms in total. The van der Waals surface area contributed by atoms with Gasteiger partial charge in [0.05, 0.1) is 24.6 Å². The summed E-state index contributed by atoms with van der Waals surface area (Å²) in [5, 5.41) is 5.98. The van der Waals surface area contributed by atoms with Crippen molar-refractivity contribution >= 4 is 23.2 Å². The zero-order chi connectivity index (χ0) is 18.6. The van der Waals surface area contributed by atoms with Crippen molar-refractivity contribution in [1.82, 2.24) is 10.2 Å². The van der Waals surface area contributed by atoms with E-state index in [2.05, 4.69) is 20.4 Å². The molecule has 0 radical (unpaired) electrons. The largest absolute Gasteiger partial charge is 0.379 e. The Morgan fingerprint density at radius 1 is 1.22 bits per heavy atom. The van der Waals surface area contributed by atoms with Crippen molar-refractivity contribution in [2.24, 2.45) is 0 Å². The quantitative estimate of drug-likeness (QED) is 0.766. The molecule has 3 aliphatic rings. The van der Waals surface area contributed by atoms with E-state index in [1.165, 1.54) is 0 Å². The molecule has 1 atom stereocenters. The first kappa shape index (κ1) is 18.3. The lowest BCUT2D eigenvalue weighted by atomic mass is 9.97. The number of rotatable bonds is 5. The van der Waals surface area contributed by atoms with Crippen LogP contribution in [-0.4, -0.2) is 68.7 Å². The third kappa shape index (κ3) is 4.09. The summed E-state index contributed by atoms with van der Waals surface area (Å²) in [6, 6.07) is 5.57. The number of carbonyl (C=O) groups is 2. The number of hydrogen-bond acceptors (Lipinski definition) is 5. The normalized spacial score (nSPS) is 22.6. The highest BCUT2D eigenvalue weighted by atomic mass is 16.5. The number of hydrogen-bond donors (Lipinski definition) is 2. The number of morpholine rings is 1. The Balaban J connectivity index is 1.33. The molecule has 3 heterocycles. The molecular weight excluding hydrogens is 344 g/mol. The molecule has 2 amide bonds. The van der Waals surface area contributed by atoms with Crippen LogP contribution in [0.2, 0.25) is 0 Å². The van der Waals surface area contributed by atoms with Crippen LogP contribution in [0.3, 0.4) is 0 Å². The summed E-state index contributed by atoms with van der Waals surface area (Å²) < 4.78 is 5.34. The Morgan fingerprint density at radius 2 is 2.07 bits per heavy atom. The third-order valence-corrected chi connectivity index (χ3v) is 5.67. The highest BCUT2D eigenvalue weighted by molar-refractivity contribution is 6.05. The van der Waals surface area contributed by atoms with Crippen molar-refractivity contribution in [3.05, 3.63) is 23.8 Å². The first-order chi connectivity index (χ1) is 13.2. The molecule has 1 aromatic rings. The second-order valence-corrected chi connectivity index (χ2v) is 7.49.